The van der Waals surface area contributed by atoms with Gasteiger partial charge in [0.15, 0.2) is 0 Å². The molecule has 1 fully saturated rings. The number of nitrogens with zero attached hydrogens (tertiary/aromatic N) is 1. The van der Waals surface area contributed by atoms with Crippen LogP contribution in [-0.2, 0) is 17.9 Å². The summed E-state index contributed by atoms with van der Waals surface area (Å²) in [4.78, 5) is 14.8. The summed E-state index contributed by atoms with van der Waals surface area (Å²) in [5, 5.41) is 3.08. The van der Waals surface area contributed by atoms with E-state index in [0.29, 0.717) is 6.54 Å². The van der Waals surface area contributed by atoms with Crippen molar-refractivity contribution in [3.8, 4) is 0 Å². The lowest BCUT2D eigenvalue weighted by molar-refractivity contribution is -0.126. The molecule has 1 N–H and O–H groups in total. The molecule has 1 aliphatic rings. The summed E-state index contributed by atoms with van der Waals surface area (Å²) in [5.74, 6) is 0.358. The number of hydrogen-bond donors (Lipinski definition) is 1. The van der Waals surface area contributed by atoms with E-state index < -0.39 is 0 Å². The van der Waals surface area contributed by atoms with Crippen LogP contribution in [0.2, 0.25) is 0 Å². The van der Waals surface area contributed by atoms with Gasteiger partial charge in [-0.3, -0.25) is 9.69 Å². The fourth-order valence-electron chi connectivity index (χ4n) is 3.35. The lowest BCUT2D eigenvalue weighted by Crippen LogP contribution is -2.40. The maximum atomic E-state index is 12.4. The minimum atomic E-state index is 0.155. The molecule has 0 atom stereocenters. The first-order valence-corrected chi connectivity index (χ1v) is 8.80. The standard InChI is InChI=1S/C21H26N2O/c1-17-6-5-9-19(14-17)16-23-12-10-20(11-13-23)21(24)22-15-18-7-3-2-4-8-18/h2-9,14,20H,10-13,15-16H2,1H3,(H,22,24). The summed E-state index contributed by atoms with van der Waals surface area (Å²) < 4.78 is 0. The molecule has 0 saturated carbocycles. The molecule has 0 aromatic heterocycles. The molecule has 1 heterocycles. The Bertz CT molecular complexity index is 661. The van der Waals surface area contributed by atoms with E-state index in [0.717, 1.165) is 38.0 Å². The van der Waals surface area contributed by atoms with Crippen molar-refractivity contribution in [2.45, 2.75) is 32.9 Å². The van der Waals surface area contributed by atoms with E-state index in [1.165, 1.54) is 11.1 Å². The summed E-state index contributed by atoms with van der Waals surface area (Å²) >= 11 is 0. The van der Waals surface area contributed by atoms with Gasteiger partial charge in [-0.25, -0.2) is 0 Å². The van der Waals surface area contributed by atoms with Crippen molar-refractivity contribution in [3.05, 3.63) is 71.3 Å². The van der Waals surface area contributed by atoms with Crippen molar-refractivity contribution < 1.29 is 4.79 Å². The van der Waals surface area contributed by atoms with Gasteiger partial charge in [0.1, 0.15) is 0 Å². The summed E-state index contributed by atoms with van der Waals surface area (Å²) in [6.07, 6.45) is 1.90. The Morgan fingerprint density at radius 3 is 2.46 bits per heavy atom. The number of nitrogens with one attached hydrogen (secondary N) is 1. The van der Waals surface area contributed by atoms with Crippen LogP contribution < -0.4 is 5.32 Å². The Balaban J connectivity index is 1.43. The predicted molar refractivity (Wildman–Crippen MR) is 97.5 cm³/mol. The first-order valence-electron chi connectivity index (χ1n) is 8.80. The zero-order chi connectivity index (χ0) is 16.8. The van der Waals surface area contributed by atoms with Crippen LogP contribution in [0.1, 0.15) is 29.5 Å². The van der Waals surface area contributed by atoms with Crippen LogP contribution >= 0.6 is 0 Å². The number of piperidine rings is 1. The second kappa shape index (κ2) is 8.11. The SMILES string of the molecule is Cc1cccc(CN2CCC(C(=O)NCc3ccccc3)CC2)c1. The smallest absolute Gasteiger partial charge is 0.223 e. The van der Waals surface area contributed by atoms with Crippen LogP contribution in [0.4, 0.5) is 0 Å². The molecule has 0 unspecified atom stereocenters. The van der Waals surface area contributed by atoms with E-state index in [2.05, 4.69) is 41.4 Å². The first-order chi connectivity index (χ1) is 11.7. The van der Waals surface area contributed by atoms with Crippen molar-refractivity contribution in [1.29, 1.82) is 0 Å². The number of rotatable bonds is 5. The van der Waals surface area contributed by atoms with Crippen molar-refractivity contribution in [2.24, 2.45) is 5.92 Å². The highest BCUT2D eigenvalue weighted by Crippen LogP contribution is 2.19. The van der Waals surface area contributed by atoms with Gasteiger partial charge in [-0.15, -0.1) is 0 Å². The minimum Gasteiger partial charge on any atom is -0.352 e. The second-order valence-corrected chi connectivity index (χ2v) is 6.74. The zero-order valence-electron chi connectivity index (χ0n) is 14.4. The summed E-state index contributed by atoms with van der Waals surface area (Å²) in [5.41, 5.74) is 3.83. The number of amides is 1. The molecule has 0 spiro atoms. The average Bonchev–Trinajstić information content (AvgIpc) is 2.61. The lowest BCUT2D eigenvalue weighted by atomic mass is 9.95. The minimum absolute atomic E-state index is 0.155. The van der Waals surface area contributed by atoms with E-state index in [1.54, 1.807) is 0 Å². The molecule has 1 amide bonds. The molecule has 126 valence electrons. The van der Waals surface area contributed by atoms with E-state index in [4.69, 9.17) is 0 Å². The number of hydrogen-bond acceptors (Lipinski definition) is 2. The van der Waals surface area contributed by atoms with Crippen LogP contribution in [0.15, 0.2) is 54.6 Å². The van der Waals surface area contributed by atoms with E-state index in [9.17, 15) is 4.79 Å². The Kier molecular flexibility index (Phi) is 5.65. The van der Waals surface area contributed by atoms with Crippen molar-refractivity contribution in [2.75, 3.05) is 13.1 Å². The van der Waals surface area contributed by atoms with E-state index >= 15 is 0 Å². The lowest BCUT2D eigenvalue weighted by Gasteiger charge is -2.31. The number of carbonyl (C=O) groups excluding carboxylic acids is 1. The Hall–Kier alpha value is -2.13. The summed E-state index contributed by atoms with van der Waals surface area (Å²) in [7, 11) is 0. The van der Waals surface area contributed by atoms with Crippen LogP contribution in [0, 0.1) is 12.8 Å². The van der Waals surface area contributed by atoms with Gasteiger partial charge in [0.2, 0.25) is 5.91 Å². The van der Waals surface area contributed by atoms with E-state index in [-0.39, 0.29) is 11.8 Å². The predicted octanol–water partition coefficient (Wildman–Crippen LogP) is 3.52. The quantitative estimate of drug-likeness (QED) is 0.913. The molecule has 0 radical (unpaired) electrons. The van der Waals surface area contributed by atoms with Gasteiger partial charge < -0.3 is 5.32 Å². The molecular formula is C21H26N2O. The Morgan fingerprint density at radius 2 is 1.75 bits per heavy atom. The Morgan fingerprint density at radius 1 is 1.04 bits per heavy atom. The van der Waals surface area contributed by atoms with Gasteiger partial charge in [0, 0.05) is 19.0 Å². The van der Waals surface area contributed by atoms with Gasteiger partial charge in [0.25, 0.3) is 0 Å². The highest BCUT2D eigenvalue weighted by molar-refractivity contribution is 5.78. The molecule has 3 rings (SSSR count). The van der Waals surface area contributed by atoms with Crippen LogP contribution in [-0.4, -0.2) is 23.9 Å². The first kappa shape index (κ1) is 16.7. The zero-order valence-corrected chi connectivity index (χ0v) is 14.4. The number of aryl methyl sites for hydroxylation is 1. The second-order valence-electron chi connectivity index (χ2n) is 6.74. The third kappa shape index (κ3) is 4.68. The van der Waals surface area contributed by atoms with Crippen LogP contribution in [0.5, 0.6) is 0 Å². The molecule has 24 heavy (non-hydrogen) atoms. The van der Waals surface area contributed by atoms with Crippen molar-refractivity contribution in [1.82, 2.24) is 10.2 Å². The molecule has 2 aromatic carbocycles. The number of carbonyl (C=O) groups is 1. The van der Waals surface area contributed by atoms with Gasteiger partial charge in [0.05, 0.1) is 0 Å². The highest BCUT2D eigenvalue weighted by Gasteiger charge is 2.24. The molecule has 3 heteroatoms. The molecule has 0 aliphatic carbocycles. The third-order valence-electron chi connectivity index (χ3n) is 4.76. The fourth-order valence-corrected chi connectivity index (χ4v) is 3.35. The molecule has 1 aliphatic heterocycles. The highest BCUT2D eigenvalue weighted by atomic mass is 16.1. The molecule has 2 aromatic rings. The average molecular weight is 322 g/mol. The monoisotopic (exact) mass is 322 g/mol. The maximum Gasteiger partial charge on any atom is 0.223 e. The molecule has 0 bridgehead atoms. The van der Waals surface area contributed by atoms with E-state index in [1.807, 2.05) is 30.3 Å². The Labute approximate surface area is 144 Å². The van der Waals surface area contributed by atoms with Crippen molar-refractivity contribution >= 4 is 5.91 Å². The summed E-state index contributed by atoms with van der Waals surface area (Å²) in [6, 6.07) is 18.8. The van der Waals surface area contributed by atoms with Crippen LogP contribution in [0.3, 0.4) is 0 Å². The third-order valence-corrected chi connectivity index (χ3v) is 4.76. The molecule has 3 nitrogen and oxygen atoms in total. The maximum absolute atomic E-state index is 12.4. The van der Waals surface area contributed by atoms with Gasteiger partial charge in [-0.05, 0) is 44.0 Å². The number of benzene rings is 2. The van der Waals surface area contributed by atoms with Gasteiger partial charge >= 0.3 is 0 Å². The fraction of sp³-hybridized carbons (Fsp3) is 0.381. The number of likely N-dealkylation sites (tertiary alicyclic amines) is 1. The van der Waals surface area contributed by atoms with Crippen molar-refractivity contribution in [3.63, 3.8) is 0 Å². The molecular weight excluding hydrogens is 296 g/mol. The van der Waals surface area contributed by atoms with Gasteiger partial charge in [-0.1, -0.05) is 60.2 Å². The van der Waals surface area contributed by atoms with Crippen LogP contribution in [0.25, 0.3) is 0 Å². The topological polar surface area (TPSA) is 32.3 Å². The largest absolute Gasteiger partial charge is 0.352 e. The molecule has 1 saturated heterocycles. The normalized spacial score (nSPS) is 16.0. The summed E-state index contributed by atoms with van der Waals surface area (Å²) in [6.45, 7) is 5.74. The van der Waals surface area contributed by atoms with Gasteiger partial charge in [-0.2, -0.15) is 0 Å².